The van der Waals surface area contributed by atoms with Crippen molar-refractivity contribution in [2.75, 3.05) is 13.1 Å². The van der Waals surface area contributed by atoms with Gasteiger partial charge in [0.05, 0.1) is 6.54 Å². The predicted octanol–water partition coefficient (Wildman–Crippen LogP) is 1.15. The largest absolute Gasteiger partial charge is 0.355 e. The van der Waals surface area contributed by atoms with Crippen molar-refractivity contribution >= 4 is 5.91 Å². The quantitative estimate of drug-likeness (QED) is 0.607. The number of hydrogen-bond donors (Lipinski definition) is 3. The third kappa shape index (κ3) is 4.25. The van der Waals surface area contributed by atoms with E-state index in [9.17, 15) is 4.79 Å². The second-order valence-corrected chi connectivity index (χ2v) is 5.87. The van der Waals surface area contributed by atoms with Gasteiger partial charge in [-0.05, 0) is 38.0 Å². The molecular formula is C14H27N3O. The van der Waals surface area contributed by atoms with Crippen LogP contribution >= 0.6 is 0 Å². The molecule has 18 heavy (non-hydrogen) atoms. The molecule has 0 radical (unpaired) electrons. The van der Waals surface area contributed by atoms with Crippen LogP contribution < -0.4 is 16.4 Å². The van der Waals surface area contributed by atoms with Gasteiger partial charge < -0.3 is 16.4 Å². The summed E-state index contributed by atoms with van der Waals surface area (Å²) >= 11 is 0. The molecule has 3 atom stereocenters. The summed E-state index contributed by atoms with van der Waals surface area (Å²) in [7, 11) is 0. The van der Waals surface area contributed by atoms with Gasteiger partial charge in [-0.25, -0.2) is 0 Å². The minimum absolute atomic E-state index is 0.140. The molecule has 0 aromatic rings. The summed E-state index contributed by atoms with van der Waals surface area (Å²) in [6.07, 6.45) is 9.45. The zero-order valence-corrected chi connectivity index (χ0v) is 11.3. The molecule has 1 aliphatic heterocycles. The first kappa shape index (κ1) is 13.8. The Morgan fingerprint density at radius 3 is 2.83 bits per heavy atom. The smallest absolute Gasteiger partial charge is 0.233 e. The van der Waals surface area contributed by atoms with Crippen molar-refractivity contribution in [2.24, 2.45) is 11.7 Å². The standard InChI is InChI=1S/C14H27N3O/c15-13-7-2-1-3-8-16-14(18)10-17-12-6-4-5-11(13)9-12/h11-13,17H,1-10,15H2,(H,16,18)/t11-,12-,13-/m0/s1. The molecule has 0 spiro atoms. The Bertz CT molecular complexity index is 270. The van der Waals surface area contributed by atoms with Crippen molar-refractivity contribution in [1.29, 1.82) is 0 Å². The predicted molar refractivity (Wildman–Crippen MR) is 73.2 cm³/mol. The van der Waals surface area contributed by atoms with E-state index in [0.717, 1.165) is 25.8 Å². The van der Waals surface area contributed by atoms with Crippen LogP contribution in [0.3, 0.4) is 0 Å². The zero-order chi connectivity index (χ0) is 12.8. The van der Waals surface area contributed by atoms with E-state index < -0.39 is 0 Å². The number of nitrogens with two attached hydrogens (primary N) is 1. The summed E-state index contributed by atoms with van der Waals surface area (Å²) in [6.45, 7) is 1.27. The summed E-state index contributed by atoms with van der Waals surface area (Å²) in [5.41, 5.74) is 6.32. The summed E-state index contributed by atoms with van der Waals surface area (Å²) in [4.78, 5) is 11.6. The monoisotopic (exact) mass is 253 g/mol. The zero-order valence-electron chi connectivity index (χ0n) is 11.3. The highest BCUT2D eigenvalue weighted by Crippen LogP contribution is 2.28. The van der Waals surface area contributed by atoms with Crippen molar-refractivity contribution in [3.63, 3.8) is 0 Å². The fourth-order valence-electron chi connectivity index (χ4n) is 3.25. The molecule has 2 rings (SSSR count). The van der Waals surface area contributed by atoms with Gasteiger partial charge in [-0.1, -0.05) is 19.3 Å². The van der Waals surface area contributed by atoms with Crippen LogP contribution in [-0.2, 0) is 4.79 Å². The lowest BCUT2D eigenvalue weighted by Crippen LogP contribution is -2.44. The average molecular weight is 253 g/mol. The lowest BCUT2D eigenvalue weighted by Gasteiger charge is -2.33. The number of amides is 1. The highest BCUT2D eigenvalue weighted by atomic mass is 16.1. The third-order valence-electron chi connectivity index (χ3n) is 4.41. The van der Waals surface area contributed by atoms with Crippen molar-refractivity contribution in [3.05, 3.63) is 0 Å². The fourth-order valence-corrected chi connectivity index (χ4v) is 3.25. The lowest BCUT2D eigenvalue weighted by atomic mass is 9.80. The normalized spacial score (nSPS) is 35.8. The molecule has 2 bridgehead atoms. The maximum absolute atomic E-state index is 11.6. The van der Waals surface area contributed by atoms with Crippen molar-refractivity contribution in [2.45, 2.75) is 63.5 Å². The second-order valence-electron chi connectivity index (χ2n) is 5.87. The van der Waals surface area contributed by atoms with E-state index in [1.165, 1.54) is 32.1 Å². The molecule has 0 unspecified atom stereocenters. The number of rotatable bonds is 0. The van der Waals surface area contributed by atoms with Crippen LogP contribution in [0.2, 0.25) is 0 Å². The van der Waals surface area contributed by atoms with Gasteiger partial charge in [-0.3, -0.25) is 4.79 Å². The molecule has 4 heteroatoms. The van der Waals surface area contributed by atoms with E-state index in [4.69, 9.17) is 5.73 Å². The Labute approximate surface area is 110 Å². The summed E-state index contributed by atoms with van der Waals surface area (Å²) in [5, 5.41) is 6.37. The van der Waals surface area contributed by atoms with Gasteiger partial charge in [0.25, 0.3) is 0 Å². The van der Waals surface area contributed by atoms with Crippen LogP contribution in [0.5, 0.6) is 0 Å². The number of carbonyl (C=O) groups excluding carboxylic acids is 1. The van der Waals surface area contributed by atoms with E-state index >= 15 is 0 Å². The molecule has 2 aliphatic rings. The first-order chi connectivity index (χ1) is 8.75. The number of carbonyl (C=O) groups is 1. The van der Waals surface area contributed by atoms with Gasteiger partial charge in [0.2, 0.25) is 5.91 Å². The van der Waals surface area contributed by atoms with Crippen LogP contribution in [0.25, 0.3) is 0 Å². The average Bonchev–Trinajstić information content (AvgIpc) is 2.40. The Kier molecular flexibility index (Phi) is 5.45. The lowest BCUT2D eigenvalue weighted by molar-refractivity contribution is -0.120. The Morgan fingerprint density at radius 1 is 1.06 bits per heavy atom. The minimum atomic E-state index is 0.140. The van der Waals surface area contributed by atoms with E-state index in [1.54, 1.807) is 0 Å². The van der Waals surface area contributed by atoms with E-state index in [-0.39, 0.29) is 5.91 Å². The molecule has 1 amide bonds. The van der Waals surface area contributed by atoms with E-state index in [2.05, 4.69) is 10.6 Å². The van der Waals surface area contributed by atoms with Crippen LogP contribution in [0.4, 0.5) is 0 Å². The molecular weight excluding hydrogens is 226 g/mol. The van der Waals surface area contributed by atoms with Crippen LogP contribution in [-0.4, -0.2) is 31.1 Å². The molecule has 1 saturated carbocycles. The third-order valence-corrected chi connectivity index (χ3v) is 4.41. The molecule has 4 N–H and O–H groups in total. The van der Waals surface area contributed by atoms with E-state index in [0.29, 0.717) is 24.5 Å². The summed E-state index contributed by atoms with van der Waals surface area (Å²) in [5.74, 6) is 0.792. The molecule has 4 nitrogen and oxygen atoms in total. The molecule has 0 aromatic heterocycles. The molecule has 2 fully saturated rings. The topological polar surface area (TPSA) is 67.1 Å². The van der Waals surface area contributed by atoms with Crippen molar-refractivity contribution in [3.8, 4) is 0 Å². The second kappa shape index (κ2) is 7.10. The maximum Gasteiger partial charge on any atom is 0.233 e. The molecule has 1 aliphatic carbocycles. The van der Waals surface area contributed by atoms with E-state index in [1.807, 2.05) is 0 Å². The Balaban J connectivity index is 1.90. The Hall–Kier alpha value is -0.610. The minimum Gasteiger partial charge on any atom is -0.355 e. The maximum atomic E-state index is 11.6. The van der Waals surface area contributed by atoms with Gasteiger partial charge in [-0.2, -0.15) is 0 Å². The van der Waals surface area contributed by atoms with Gasteiger partial charge >= 0.3 is 0 Å². The SMILES string of the molecule is N[C@H]1CCCCCNC(=O)CN[C@H]2CCC[C@H]1C2. The van der Waals surface area contributed by atoms with Gasteiger partial charge in [0.15, 0.2) is 0 Å². The number of hydrogen-bond acceptors (Lipinski definition) is 3. The number of nitrogens with one attached hydrogen (secondary N) is 2. The van der Waals surface area contributed by atoms with Crippen molar-refractivity contribution < 1.29 is 4.79 Å². The van der Waals surface area contributed by atoms with Crippen LogP contribution in [0, 0.1) is 5.92 Å². The first-order valence-electron chi connectivity index (χ1n) is 7.51. The highest BCUT2D eigenvalue weighted by molar-refractivity contribution is 5.77. The van der Waals surface area contributed by atoms with Gasteiger partial charge in [-0.15, -0.1) is 0 Å². The van der Waals surface area contributed by atoms with Gasteiger partial charge in [0, 0.05) is 18.6 Å². The molecule has 104 valence electrons. The first-order valence-corrected chi connectivity index (χ1v) is 7.51. The van der Waals surface area contributed by atoms with Crippen molar-refractivity contribution in [1.82, 2.24) is 10.6 Å². The van der Waals surface area contributed by atoms with Gasteiger partial charge in [0.1, 0.15) is 0 Å². The van der Waals surface area contributed by atoms with Crippen LogP contribution in [0.15, 0.2) is 0 Å². The summed E-state index contributed by atoms with van der Waals surface area (Å²) < 4.78 is 0. The Morgan fingerprint density at radius 2 is 1.94 bits per heavy atom. The molecule has 1 saturated heterocycles. The highest BCUT2D eigenvalue weighted by Gasteiger charge is 2.26. The number of fused-ring (bicyclic) bond motifs is 2. The summed E-state index contributed by atoms with van der Waals surface area (Å²) in [6, 6.07) is 0.848. The van der Waals surface area contributed by atoms with Crippen LogP contribution in [0.1, 0.15) is 51.4 Å². The molecule has 1 heterocycles. The fraction of sp³-hybridized carbons (Fsp3) is 0.929. The molecule has 0 aromatic carbocycles.